The maximum Gasteiger partial charge on any atom is 0.221 e. The van der Waals surface area contributed by atoms with E-state index in [1.807, 2.05) is 30.3 Å². The van der Waals surface area contributed by atoms with Crippen molar-refractivity contribution in [3.05, 3.63) is 54.1 Å². The second kappa shape index (κ2) is 7.75. The maximum absolute atomic E-state index is 12.4. The summed E-state index contributed by atoms with van der Waals surface area (Å²) >= 11 is 0. The first-order valence-electron chi connectivity index (χ1n) is 8.41. The molecule has 1 atom stereocenters. The second-order valence-electron chi connectivity index (χ2n) is 6.13. The Labute approximate surface area is 147 Å². The molecule has 3 rings (SSSR count). The number of nitrogens with zero attached hydrogens (tertiary/aromatic N) is 3. The van der Waals surface area contributed by atoms with E-state index < -0.39 is 0 Å². The predicted octanol–water partition coefficient (Wildman–Crippen LogP) is 3.01. The average Bonchev–Trinajstić information content (AvgIpc) is 3.19. The van der Waals surface area contributed by atoms with Gasteiger partial charge in [-0.15, -0.1) is 12.3 Å². The van der Waals surface area contributed by atoms with Gasteiger partial charge in [0, 0.05) is 44.6 Å². The summed E-state index contributed by atoms with van der Waals surface area (Å²) in [4.78, 5) is 19.8. The Morgan fingerprint density at radius 3 is 2.72 bits per heavy atom. The Kier molecular flexibility index (Phi) is 5.24. The summed E-state index contributed by atoms with van der Waals surface area (Å²) in [5.74, 6) is 3.28. The molecule has 2 aromatic rings. The molecule has 0 saturated heterocycles. The number of carbonyl (C=O) groups excluding carboxylic acids is 1. The summed E-state index contributed by atoms with van der Waals surface area (Å²) in [6.07, 6.45) is 11.2. The summed E-state index contributed by atoms with van der Waals surface area (Å²) in [6, 6.07) is 9.92. The van der Waals surface area contributed by atoms with Gasteiger partial charge in [0.05, 0.1) is 5.92 Å². The predicted molar refractivity (Wildman–Crippen MR) is 94.8 cm³/mol. The zero-order valence-corrected chi connectivity index (χ0v) is 14.0. The largest absolute Gasteiger partial charge is 0.356 e. The molecule has 1 aromatic heterocycles. The van der Waals surface area contributed by atoms with Crippen molar-refractivity contribution in [3.63, 3.8) is 0 Å². The van der Waals surface area contributed by atoms with Crippen LogP contribution in [0.15, 0.2) is 53.0 Å². The van der Waals surface area contributed by atoms with E-state index in [0.717, 1.165) is 17.8 Å². The molecule has 0 saturated carbocycles. The SMILES string of the molecule is C#CCCC1(CCNC(=O)CC(c2ccccc2)c2ncc[nH]2)N=N1. The number of H-pyrrole nitrogens is 1. The standard InChI is InChI=1S/C19H21N5O/c1-2-3-9-19(23-24-19)10-11-20-17(25)14-16(18-21-12-13-22-18)15-7-5-4-6-8-15/h1,4-8,12-13,16H,3,9-11,14H2,(H,20,25)(H,21,22). The van der Waals surface area contributed by atoms with Gasteiger partial charge in [-0.05, 0) is 5.56 Å². The number of terminal acetylenes is 1. The molecular weight excluding hydrogens is 314 g/mol. The molecule has 1 aliphatic heterocycles. The molecule has 2 N–H and O–H groups in total. The molecule has 6 nitrogen and oxygen atoms in total. The Balaban J connectivity index is 1.54. The van der Waals surface area contributed by atoms with E-state index in [9.17, 15) is 4.79 Å². The van der Waals surface area contributed by atoms with Crippen LogP contribution in [0.5, 0.6) is 0 Å². The maximum atomic E-state index is 12.4. The van der Waals surface area contributed by atoms with Crippen molar-refractivity contribution in [3.8, 4) is 12.3 Å². The molecule has 128 valence electrons. The summed E-state index contributed by atoms with van der Waals surface area (Å²) in [5, 5.41) is 11.1. The second-order valence-corrected chi connectivity index (χ2v) is 6.13. The number of aromatic nitrogens is 2. The van der Waals surface area contributed by atoms with Crippen molar-refractivity contribution in [2.75, 3.05) is 6.54 Å². The van der Waals surface area contributed by atoms with Crippen molar-refractivity contribution in [1.29, 1.82) is 0 Å². The third-order valence-electron chi connectivity index (χ3n) is 4.34. The Morgan fingerprint density at radius 1 is 1.28 bits per heavy atom. The smallest absolute Gasteiger partial charge is 0.221 e. The van der Waals surface area contributed by atoms with Crippen molar-refractivity contribution >= 4 is 5.91 Å². The van der Waals surface area contributed by atoms with E-state index in [-0.39, 0.29) is 17.5 Å². The van der Waals surface area contributed by atoms with Gasteiger partial charge >= 0.3 is 0 Å². The normalized spacial score (nSPS) is 15.3. The van der Waals surface area contributed by atoms with Gasteiger partial charge in [-0.3, -0.25) is 4.79 Å². The molecule has 1 unspecified atom stereocenters. The van der Waals surface area contributed by atoms with Crippen molar-refractivity contribution in [2.24, 2.45) is 10.2 Å². The molecule has 1 aliphatic rings. The molecule has 25 heavy (non-hydrogen) atoms. The molecule has 1 amide bonds. The van der Waals surface area contributed by atoms with Crippen molar-refractivity contribution in [1.82, 2.24) is 15.3 Å². The van der Waals surface area contributed by atoms with E-state index in [4.69, 9.17) is 6.42 Å². The van der Waals surface area contributed by atoms with Gasteiger partial charge in [0.1, 0.15) is 5.82 Å². The lowest BCUT2D eigenvalue weighted by Crippen LogP contribution is -2.29. The number of hydrogen-bond acceptors (Lipinski definition) is 4. The van der Waals surface area contributed by atoms with Crippen molar-refractivity contribution < 1.29 is 4.79 Å². The van der Waals surface area contributed by atoms with Gasteiger partial charge in [0.25, 0.3) is 0 Å². The van der Waals surface area contributed by atoms with E-state index >= 15 is 0 Å². The number of nitrogens with one attached hydrogen (secondary N) is 2. The Morgan fingerprint density at radius 2 is 2.08 bits per heavy atom. The van der Waals surface area contributed by atoms with Gasteiger partial charge in [-0.25, -0.2) is 4.98 Å². The molecule has 0 aliphatic carbocycles. The van der Waals surface area contributed by atoms with Crippen LogP contribution in [0, 0.1) is 12.3 Å². The van der Waals surface area contributed by atoms with Crippen LogP contribution in [0.25, 0.3) is 0 Å². The highest BCUT2D eigenvalue weighted by Crippen LogP contribution is 2.36. The molecule has 6 heteroatoms. The number of imidazole rings is 1. The first-order valence-corrected chi connectivity index (χ1v) is 8.41. The first-order chi connectivity index (χ1) is 12.2. The third-order valence-corrected chi connectivity index (χ3v) is 4.34. The number of hydrogen-bond donors (Lipinski definition) is 2. The Hall–Kier alpha value is -2.94. The molecule has 2 heterocycles. The quantitative estimate of drug-likeness (QED) is 0.691. The monoisotopic (exact) mass is 335 g/mol. The number of rotatable bonds is 9. The average molecular weight is 335 g/mol. The summed E-state index contributed by atoms with van der Waals surface area (Å²) in [5.41, 5.74) is 0.699. The van der Waals surface area contributed by atoms with Crippen LogP contribution in [-0.4, -0.2) is 28.1 Å². The van der Waals surface area contributed by atoms with Gasteiger partial charge in [-0.1, -0.05) is 30.3 Å². The zero-order valence-electron chi connectivity index (χ0n) is 14.0. The van der Waals surface area contributed by atoms with Crippen LogP contribution in [0.2, 0.25) is 0 Å². The molecule has 0 fully saturated rings. The lowest BCUT2D eigenvalue weighted by atomic mass is 9.94. The fourth-order valence-electron chi connectivity index (χ4n) is 2.85. The summed E-state index contributed by atoms with van der Waals surface area (Å²) in [6.45, 7) is 0.538. The minimum Gasteiger partial charge on any atom is -0.356 e. The van der Waals surface area contributed by atoms with Gasteiger partial charge < -0.3 is 10.3 Å². The topological polar surface area (TPSA) is 82.5 Å². The van der Waals surface area contributed by atoms with Crippen LogP contribution < -0.4 is 5.32 Å². The summed E-state index contributed by atoms with van der Waals surface area (Å²) in [7, 11) is 0. The number of carbonyl (C=O) groups is 1. The molecule has 1 aromatic carbocycles. The first kappa shape index (κ1) is 16.9. The molecule has 0 spiro atoms. The van der Waals surface area contributed by atoms with E-state index in [1.165, 1.54) is 0 Å². The molecule has 0 bridgehead atoms. The number of benzene rings is 1. The summed E-state index contributed by atoms with van der Waals surface area (Å²) < 4.78 is 0. The van der Waals surface area contributed by atoms with Gasteiger partial charge in [0.15, 0.2) is 5.66 Å². The van der Waals surface area contributed by atoms with E-state index in [2.05, 4.69) is 31.4 Å². The lowest BCUT2D eigenvalue weighted by Gasteiger charge is -2.16. The van der Waals surface area contributed by atoms with E-state index in [0.29, 0.717) is 25.8 Å². The van der Waals surface area contributed by atoms with E-state index in [1.54, 1.807) is 12.4 Å². The fourth-order valence-corrected chi connectivity index (χ4v) is 2.85. The highest BCUT2D eigenvalue weighted by molar-refractivity contribution is 5.77. The highest BCUT2D eigenvalue weighted by Gasteiger charge is 2.38. The number of aromatic amines is 1. The minimum absolute atomic E-state index is 0.0157. The van der Waals surface area contributed by atoms with Crippen LogP contribution in [0.4, 0.5) is 0 Å². The van der Waals surface area contributed by atoms with Crippen molar-refractivity contribution in [2.45, 2.75) is 37.3 Å². The minimum atomic E-state index is -0.362. The van der Waals surface area contributed by atoms with Gasteiger partial charge in [-0.2, -0.15) is 10.2 Å². The van der Waals surface area contributed by atoms with Gasteiger partial charge in [0.2, 0.25) is 5.91 Å². The van der Waals surface area contributed by atoms with Crippen LogP contribution in [-0.2, 0) is 4.79 Å². The molecule has 0 radical (unpaired) electrons. The van der Waals surface area contributed by atoms with Crippen LogP contribution in [0.1, 0.15) is 43.0 Å². The molecular formula is C19H21N5O. The number of amides is 1. The van der Waals surface area contributed by atoms with Crippen LogP contribution >= 0.6 is 0 Å². The lowest BCUT2D eigenvalue weighted by molar-refractivity contribution is -0.121. The van der Waals surface area contributed by atoms with Crippen LogP contribution in [0.3, 0.4) is 0 Å². The fraction of sp³-hybridized carbons (Fsp3) is 0.368. The highest BCUT2D eigenvalue weighted by atomic mass is 16.1. The zero-order chi connectivity index (χ0) is 17.5. The Bertz CT molecular complexity index is 755. The third kappa shape index (κ3) is 4.54.